The molecule has 4 N–H and O–H groups in total. The third-order valence-electron chi connectivity index (χ3n) is 6.53. The molecule has 1 fully saturated rings. The lowest BCUT2D eigenvalue weighted by Gasteiger charge is -2.22. The second-order valence-corrected chi connectivity index (χ2v) is 11.6. The zero-order valence-corrected chi connectivity index (χ0v) is 24.6. The van der Waals surface area contributed by atoms with Gasteiger partial charge in [-0.05, 0) is 74.3 Å². The van der Waals surface area contributed by atoms with Gasteiger partial charge in [0.15, 0.2) is 11.6 Å². The highest BCUT2D eigenvalue weighted by Crippen LogP contribution is 2.33. The van der Waals surface area contributed by atoms with Gasteiger partial charge in [-0.3, -0.25) is 9.52 Å². The maximum absolute atomic E-state index is 13.5. The molecule has 1 atom stereocenters. The monoisotopic (exact) mass is 616 g/mol. The van der Waals surface area contributed by atoms with Crippen molar-refractivity contribution in [3.05, 3.63) is 71.8 Å². The Kier molecular flexibility index (Phi) is 9.87. The molecule has 10 nitrogen and oxygen atoms in total. The number of benzene rings is 3. The number of aromatic nitrogens is 2. The van der Waals surface area contributed by atoms with E-state index in [2.05, 4.69) is 30.6 Å². The molecule has 2 heterocycles. The van der Waals surface area contributed by atoms with Crippen LogP contribution in [0.5, 0.6) is 5.75 Å². The van der Waals surface area contributed by atoms with Gasteiger partial charge in [-0.15, -0.1) is 12.4 Å². The fraction of sp³-hybridized carbons (Fsp3) is 0.250. The number of piperidine rings is 1. The lowest BCUT2D eigenvalue weighted by molar-refractivity contribution is -0.117. The molecule has 1 aliphatic rings. The SMILES string of the molecule is COc1ccc(Cl)c(Nc2nc3ccccc3nc2NS(=O)(=O)c2cccc(NC(=O)CC3CCCNC3)c2)c1.Cl. The average Bonchev–Trinajstić information content (AvgIpc) is 2.95. The van der Waals surface area contributed by atoms with Crippen LogP contribution in [0.3, 0.4) is 0 Å². The van der Waals surface area contributed by atoms with E-state index < -0.39 is 10.0 Å². The molecule has 13 heteroatoms. The number of carbonyl (C=O) groups excluding carboxylic acids is 1. The summed E-state index contributed by atoms with van der Waals surface area (Å²) >= 11 is 6.38. The van der Waals surface area contributed by atoms with Gasteiger partial charge >= 0.3 is 0 Å². The summed E-state index contributed by atoms with van der Waals surface area (Å²) in [5, 5.41) is 9.59. The van der Waals surface area contributed by atoms with E-state index in [0.29, 0.717) is 39.6 Å². The van der Waals surface area contributed by atoms with Crippen molar-refractivity contribution in [2.45, 2.75) is 24.2 Å². The summed E-state index contributed by atoms with van der Waals surface area (Å²) in [5.41, 5.74) is 1.91. The van der Waals surface area contributed by atoms with Gasteiger partial charge in [-0.1, -0.05) is 29.8 Å². The summed E-state index contributed by atoms with van der Waals surface area (Å²) in [6.45, 7) is 1.77. The van der Waals surface area contributed by atoms with Crippen LogP contribution in [0.1, 0.15) is 19.3 Å². The number of para-hydroxylation sites is 2. The Morgan fingerprint density at radius 3 is 2.51 bits per heavy atom. The summed E-state index contributed by atoms with van der Waals surface area (Å²) in [7, 11) is -2.58. The first kappa shape index (κ1) is 30.3. The number of methoxy groups -OCH3 is 1. The van der Waals surface area contributed by atoms with Crippen LogP contribution in [0.4, 0.5) is 23.0 Å². The average molecular weight is 618 g/mol. The number of sulfonamides is 1. The van der Waals surface area contributed by atoms with Gasteiger partial charge < -0.3 is 20.7 Å². The molecule has 216 valence electrons. The maximum Gasteiger partial charge on any atom is 0.263 e. The number of hydrogen-bond donors (Lipinski definition) is 4. The summed E-state index contributed by atoms with van der Waals surface area (Å²) in [6.07, 6.45) is 2.40. The number of anilines is 4. The Bertz CT molecular complexity index is 1650. The summed E-state index contributed by atoms with van der Waals surface area (Å²) < 4.78 is 34.8. The highest BCUT2D eigenvalue weighted by atomic mass is 35.5. The van der Waals surface area contributed by atoms with Crippen molar-refractivity contribution >= 4 is 74.0 Å². The zero-order chi connectivity index (χ0) is 28.1. The largest absolute Gasteiger partial charge is 0.497 e. The lowest BCUT2D eigenvalue weighted by Crippen LogP contribution is -2.32. The Hall–Kier alpha value is -3.64. The second-order valence-electron chi connectivity index (χ2n) is 9.48. The molecule has 1 aromatic heterocycles. The highest BCUT2D eigenvalue weighted by molar-refractivity contribution is 7.92. The predicted octanol–water partition coefficient (Wildman–Crippen LogP) is 5.59. The first-order valence-corrected chi connectivity index (χ1v) is 14.7. The van der Waals surface area contributed by atoms with E-state index in [1.807, 2.05) is 6.07 Å². The fourth-order valence-electron chi connectivity index (χ4n) is 4.51. The van der Waals surface area contributed by atoms with E-state index in [1.54, 1.807) is 48.5 Å². The Labute approximate surface area is 249 Å². The third-order valence-corrected chi connectivity index (χ3v) is 8.20. The highest BCUT2D eigenvalue weighted by Gasteiger charge is 2.21. The number of hydrogen-bond acceptors (Lipinski definition) is 8. The molecule has 0 aliphatic carbocycles. The summed E-state index contributed by atoms with van der Waals surface area (Å²) in [5.74, 6) is 0.803. The molecule has 3 aromatic carbocycles. The normalized spacial score (nSPS) is 15.0. The number of nitrogens with one attached hydrogen (secondary N) is 4. The fourth-order valence-corrected chi connectivity index (χ4v) is 5.73. The maximum atomic E-state index is 13.5. The molecule has 1 saturated heterocycles. The summed E-state index contributed by atoms with van der Waals surface area (Å²) in [4.78, 5) is 21.7. The van der Waals surface area contributed by atoms with Crippen molar-refractivity contribution in [3.63, 3.8) is 0 Å². The van der Waals surface area contributed by atoms with E-state index in [0.717, 1.165) is 25.9 Å². The quantitative estimate of drug-likeness (QED) is 0.191. The number of ether oxygens (including phenoxy) is 1. The standard InChI is InChI=1S/C28H29ClN6O4S.ClH/c1-39-20-11-12-22(29)25(16-20)34-27-28(33-24-10-3-2-9-23(24)32-27)35-40(37,38)21-8-4-7-19(15-21)31-26(36)14-18-6-5-13-30-17-18;/h2-4,7-12,15-16,18,30H,5-6,13-14,17H2,1H3,(H,31,36)(H,32,34)(H,33,35);1H. The summed E-state index contributed by atoms with van der Waals surface area (Å²) in [6, 6.07) is 18.2. The Morgan fingerprint density at radius 2 is 1.80 bits per heavy atom. The second kappa shape index (κ2) is 13.3. The van der Waals surface area contributed by atoms with Crippen LogP contribution in [0.25, 0.3) is 11.0 Å². The number of fused-ring (bicyclic) bond motifs is 1. The number of carbonyl (C=O) groups is 1. The molecular weight excluding hydrogens is 587 g/mol. The molecule has 1 amide bonds. The van der Waals surface area contributed by atoms with Gasteiger partial charge in [0.2, 0.25) is 5.91 Å². The van der Waals surface area contributed by atoms with Gasteiger partial charge in [-0.2, -0.15) is 0 Å². The lowest BCUT2D eigenvalue weighted by atomic mass is 9.96. The van der Waals surface area contributed by atoms with Crippen molar-refractivity contribution in [2.75, 3.05) is 35.6 Å². The van der Waals surface area contributed by atoms with E-state index in [9.17, 15) is 13.2 Å². The first-order chi connectivity index (χ1) is 19.3. The molecule has 1 aliphatic heterocycles. The minimum atomic E-state index is -4.12. The van der Waals surface area contributed by atoms with Gasteiger partial charge in [0, 0.05) is 18.2 Å². The molecule has 5 rings (SSSR count). The van der Waals surface area contributed by atoms with Crippen molar-refractivity contribution < 1.29 is 17.9 Å². The minimum Gasteiger partial charge on any atom is -0.497 e. The van der Waals surface area contributed by atoms with Crippen molar-refractivity contribution in [1.82, 2.24) is 15.3 Å². The third kappa shape index (κ3) is 7.56. The molecule has 1 unspecified atom stereocenters. The van der Waals surface area contributed by atoms with Crippen molar-refractivity contribution in [2.24, 2.45) is 5.92 Å². The van der Waals surface area contributed by atoms with E-state index in [-0.39, 0.29) is 40.8 Å². The predicted molar refractivity (Wildman–Crippen MR) is 164 cm³/mol. The molecule has 41 heavy (non-hydrogen) atoms. The number of halogens is 2. The number of rotatable bonds is 9. The van der Waals surface area contributed by atoms with Crippen molar-refractivity contribution in [1.29, 1.82) is 0 Å². The van der Waals surface area contributed by atoms with Crippen LogP contribution in [0.15, 0.2) is 71.6 Å². The van der Waals surface area contributed by atoms with E-state index in [1.165, 1.54) is 19.2 Å². The van der Waals surface area contributed by atoms with Crippen molar-refractivity contribution in [3.8, 4) is 5.75 Å². The van der Waals surface area contributed by atoms with Crippen LogP contribution in [0.2, 0.25) is 5.02 Å². The van der Waals surface area contributed by atoms with Crippen LogP contribution < -0.4 is 25.4 Å². The van der Waals surface area contributed by atoms with Crippen LogP contribution in [0, 0.1) is 5.92 Å². The molecule has 0 bridgehead atoms. The molecular formula is C28H30Cl2N6O4S. The van der Waals surface area contributed by atoms with Gasteiger partial charge in [0.05, 0.1) is 33.7 Å². The van der Waals surface area contributed by atoms with Crippen LogP contribution in [-0.2, 0) is 14.8 Å². The van der Waals surface area contributed by atoms with Crippen LogP contribution >= 0.6 is 24.0 Å². The topological polar surface area (TPSA) is 134 Å². The van der Waals surface area contributed by atoms with Crippen LogP contribution in [-0.4, -0.2) is 44.5 Å². The molecule has 4 aromatic rings. The number of amides is 1. The van der Waals surface area contributed by atoms with Gasteiger partial charge in [-0.25, -0.2) is 18.4 Å². The van der Waals surface area contributed by atoms with Gasteiger partial charge in [0.1, 0.15) is 5.75 Å². The van der Waals surface area contributed by atoms with E-state index in [4.69, 9.17) is 16.3 Å². The smallest absolute Gasteiger partial charge is 0.263 e. The molecule has 0 radical (unpaired) electrons. The van der Waals surface area contributed by atoms with Gasteiger partial charge in [0.25, 0.3) is 10.0 Å². The molecule has 0 spiro atoms. The number of nitrogens with zero attached hydrogens (tertiary/aromatic N) is 2. The Balaban J connectivity index is 0.00000387. The molecule has 0 saturated carbocycles. The zero-order valence-electron chi connectivity index (χ0n) is 22.2. The van der Waals surface area contributed by atoms with E-state index >= 15 is 0 Å². The first-order valence-electron chi connectivity index (χ1n) is 12.8. The minimum absolute atomic E-state index is 0. The Morgan fingerprint density at radius 1 is 1.05 bits per heavy atom.